The van der Waals surface area contributed by atoms with Crippen LogP contribution >= 0.6 is 0 Å². The number of Topliss-reactive ketones (excluding diaryl/α,β-unsaturated/α-hetero) is 1. The molecule has 0 spiro atoms. The third-order valence-corrected chi connectivity index (χ3v) is 7.93. The lowest BCUT2D eigenvalue weighted by Gasteiger charge is -2.30. The zero-order valence-electron chi connectivity index (χ0n) is 22.0. The molecule has 0 saturated carbocycles. The first-order valence-corrected chi connectivity index (χ1v) is 13.7. The average molecular weight is 521 g/mol. The van der Waals surface area contributed by atoms with Gasteiger partial charge in [-0.25, -0.2) is 4.98 Å². The second-order valence-electron chi connectivity index (χ2n) is 10.3. The number of nitrogens with zero attached hydrogens (tertiary/aromatic N) is 1. The number of carbonyl (C=O) groups is 1. The van der Waals surface area contributed by atoms with Crippen LogP contribution in [0.4, 0.5) is 0 Å². The quantitative estimate of drug-likeness (QED) is 0.318. The Morgan fingerprint density at radius 2 is 1.73 bits per heavy atom. The van der Waals surface area contributed by atoms with E-state index in [0.717, 1.165) is 12.1 Å². The average Bonchev–Trinajstić information content (AvgIpc) is 3.30. The molecule has 4 aromatic rings. The lowest BCUT2D eigenvalue weighted by atomic mass is 9.75. The molecule has 1 N–H and O–H groups in total. The fraction of sp³-hybridized carbons (Fsp3) is 0.111. The van der Waals surface area contributed by atoms with E-state index in [-0.39, 0.29) is 17.6 Å². The molecule has 2 heterocycles. The van der Waals surface area contributed by atoms with Crippen molar-refractivity contribution in [3.8, 4) is 22.8 Å². The summed E-state index contributed by atoms with van der Waals surface area (Å²) in [5.41, 5.74) is 6.78. The van der Waals surface area contributed by atoms with Crippen LogP contribution in [0, 0.1) is 5.92 Å². The fourth-order valence-electron chi connectivity index (χ4n) is 6.00. The number of nitrogens with one attached hydrogen (secondary N) is 1. The monoisotopic (exact) mass is 520 g/mol. The molecule has 3 aromatic carbocycles. The maximum atomic E-state index is 14.0. The number of ether oxygens (including phenoxy) is 1. The lowest BCUT2D eigenvalue weighted by molar-refractivity contribution is 0.0943. The Bertz CT molecular complexity index is 1820. The maximum absolute atomic E-state index is 14.0. The minimum atomic E-state index is -0.281. The molecule has 4 heteroatoms. The standard InChI is InChI=1S/C36H28N2O2/c39-36(25-15-19-35(38-23-25)40-27-10-3-1-4-11-27)26-21-32-30-16-14-24-9-6-7-12-28(24)29(30)17-18-31(32)33(22-26)34-13-5-2-8-20-37-34/h1-13,15-21,23,26,33,37H,14,22H2. The summed E-state index contributed by atoms with van der Waals surface area (Å²) in [7, 11) is 0. The van der Waals surface area contributed by atoms with Crippen LogP contribution in [0.25, 0.3) is 23.3 Å². The van der Waals surface area contributed by atoms with Crippen molar-refractivity contribution in [2.75, 3.05) is 0 Å². The molecule has 4 nitrogen and oxygen atoms in total. The van der Waals surface area contributed by atoms with Crippen molar-refractivity contribution >= 4 is 17.9 Å². The first-order chi connectivity index (χ1) is 19.7. The third-order valence-electron chi connectivity index (χ3n) is 7.93. The van der Waals surface area contributed by atoms with Gasteiger partial charge in [-0.3, -0.25) is 4.79 Å². The summed E-state index contributed by atoms with van der Waals surface area (Å²) in [6.45, 7) is 0. The highest BCUT2D eigenvalue weighted by Crippen LogP contribution is 2.35. The van der Waals surface area contributed by atoms with Crippen molar-refractivity contribution in [1.29, 1.82) is 0 Å². The molecule has 0 fully saturated rings. The lowest BCUT2D eigenvalue weighted by Crippen LogP contribution is -2.39. The zero-order valence-corrected chi connectivity index (χ0v) is 22.0. The van der Waals surface area contributed by atoms with Gasteiger partial charge in [0.05, 0.1) is 0 Å². The van der Waals surface area contributed by atoms with E-state index in [1.54, 1.807) is 12.3 Å². The number of allylic oxidation sites excluding steroid dienone is 5. The van der Waals surface area contributed by atoms with E-state index >= 15 is 0 Å². The van der Waals surface area contributed by atoms with Crippen molar-refractivity contribution < 1.29 is 9.53 Å². The number of aromatic nitrogens is 1. The molecule has 2 atom stereocenters. The smallest absolute Gasteiger partial charge is 0.219 e. The number of hydrogen-bond acceptors (Lipinski definition) is 4. The number of hydrogen-bond donors (Lipinski definition) is 1. The van der Waals surface area contributed by atoms with E-state index in [4.69, 9.17) is 4.74 Å². The van der Waals surface area contributed by atoms with E-state index in [9.17, 15) is 4.79 Å². The van der Waals surface area contributed by atoms with Crippen LogP contribution in [0.1, 0.15) is 33.8 Å². The van der Waals surface area contributed by atoms with Gasteiger partial charge in [-0.2, -0.15) is 0 Å². The Morgan fingerprint density at radius 1 is 0.850 bits per heavy atom. The van der Waals surface area contributed by atoms with E-state index < -0.39 is 0 Å². The minimum absolute atomic E-state index is 0.0610. The molecular formula is C36H28N2O2. The number of pyridine rings is 1. The predicted molar refractivity (Wildman–Crippen MR) is 159 cm³/mol. The fourth-order valence-corrected chi connectivity index (χ4v) is 6.00. The van der Waals surface area contributed by atoms with Gasteiger partial charge < -0.3 is 10.1 Å². The molecule has 0 radical (unpaired) electrons. The van der Waals surface area contributed by atoms with Gasteiger partial charge >= 0.3 is 0 Å². The van der Waals surface area contributed by atoms with Gasteiger partial charge in [0.15, 0.2) is 5.78 Å². The highest BCUT2D eigenvalue weighted by atomic mass is 16.5. The Labute approximate surface area is 233 Å². The molecule has 194 valence electrons. The van der Waals surface area contributed by atoms with Gasteiger partial charge in [0, 0.05) is 41.6 Å². The van der Waals surface area contributed by atoms with Crippen molar-refractivity contribution in [1.82, 2.24) is 10.3 Å². The summed E-state index contributed by atoms with van der Waals surface area (Å²) in [5, 5.41) is 5.86. The molecule has 40 heavy (non-hydrogen) atoms. The number of carbonyl (C=O) groups excluding carboxylic acids is 1. The molecule has 0 saturated heterocycles. The third kappa shape index (κ3) is 4.48. The van der Waals surface area contributed by atoms with Crippen LogP contribution in [-0.2, 0) is 6.42 Å². The van der Waals surface area contributed by atoms with Crippen molar-refractivity contribution in [3.63, 3.8) is 0 Å². The Hall–Kier alpha value is -4.96. The van der Waals surface area contributed by atoms with Crippen LogP contribution in [0.5, 0.6) is 11.6 Å². The van der Waals surface area contributed by atoms with Gasteiger partial charge in [0.1, 0.15) is 5.75 Å². The van der Waals surface area contributed by atoms with Gasteiger partial charge in [0.2, 0.25) is 5.88 Å². The topological polar surface area (TPSA) is 51.2 Å². The van der Waals surface area contributed by atoms with Gasteiger partial charge in [0.25, 0.3) is 0 Å². The number of rotatable bonds is 5. The maximum Gasteiger partial charge on any atom is 0.219 e. The summed E-state index contributed by atoms with van der Waals surface area (Å²) in [5.74, 6) is 1.03. The van der Waals surface area contributed by atoms with E-state index in [2.05, 4.69) is 71.0 Å². The molecule has 2 unspecified atom stereocenters. The Morgan fingerprint density at radius 3 is 2.60 bits per heavy atom. The van der Waals surface area contributed by atoms with Gasteiger partial charge in [-0.1, -0.05) is 78.9 Å². The summed E-state index contributed by atoms with van der Waals surface area (Å²) < 4.78 is 5.84. The largest absolute Gasteiger partial charge is 0.439 e. The van der Waals surface area contributed by atoms with Crippen molar-refractivity contribution in [2.24, 2.45) is 5.92 Å². The zero-order chi connectivity index (χ0) is 26.9. The highest BCUT2D eigenvalue weighted by Gasteiger charge is 2.31. The molecule has 2 aliphatic carbocycles. The van der Waals surface area contributed by atoms with Crippen LogP contribution in [0.2, 0.25) is 0 Å². The normalized spacial score (nSPS) is 18.4. The molecule has 1 aromatic heterocycles. The van der Waals surface area contributed by atoms with Gasteiger partial charge in [-0.05, 0) is 75.9 Å². The summed E-state index contributed by atoms with van der Waals surface area (Å²) >= 11 is 0. The summed E-state index contributed by atoms with van der Waals surface area (Å²) in [6, 6.07) is 26.2. The van der Waals surface area contributed by atoms with E-state index in [1.165, 1.54) is 32.7 Å². The number of ketones is 1. The highest BCUT2D eigenvalue weighted by molar-refractivity contribution is 6.01. The Balaban J connectivity index is 1.29. The van der Waals surface area contributed by atoms with E-state index in [1.807, 2.05) is 54.8 Å². The molecule has 1 aliphatic heterocycles. The number of benzene rings is 3. The van der Waals surface area contributed by atoms with Crippen LogP contribution in [-0.4, -0.2) is 10.8 Å². The second-order valence-corrected chi connectivity index (χ2v) is 10.3. The first-order valence-electron chi connectivity index (χ1n) is 13.7. The second kappa shape index (κ2) is 10.3. The molecular weight excluding hydrogens is 492 g/mol. The molecule has 0 amide bonds. The SMILES string of the molecule is O=C(c1ccc(Oc2ccccc2)nc1)C1C=c2c(ccc3c2=CCc2ccccc2-3)C(C2=CC=CC=CN2)C1. The molecule has 0 bridgehead atoms. The van der Waals surface area contributed by atoms with Crippen LogP contribution in [0.15, 0.2) is 121 Å². The van der Waals surface area contributed by atoms with Crippen molar-refractivity contribution in [2.45, 2.75) is 18.8 Å². The Kier molecular flexibility index (Phi) is 6.21. The van der Waals surface area contributed by atoms with E-state index in [0.29, 0.717) is 23.6 Å². The molecule has 3 aliphatic rings. The van der Waals surface area contributed by atoms with Gasteiger partial charge in [-0.15, -0.1) is 0 Å². The number of para-hydroxylation sites is 1. The molecule has 7 rings (SSSR count). The summed E-state index contributed by atoms with van der Waals surface area (Å²) in [4.78, 5) is 18.4. The minimum Gasteiger partial charge on any atom is -0.439 e. The predicted octanol–water partition coefficient (Wildman–Crippen LogP) is 6.20. The number of fused-ring (bicyclic) bond motifs is 5. The summed E-state index contributed by atoms with van der Waals surface area (Å²) in [6.07, 6.45) is 17.9. The van der Waals surface area contributed by atoms with Crippen LogP contribution < -0.4 is 20.5 Å². The van der Waals surface area contributed by atoms with Crippen molar-refractivity contribution in [3.05, 3.63) is 148 Å². The van der Waals surface area contributed by atoms with Crippen LogP contribution in [0.3, 0.4) is 0 Å². The first kappa shape index (κ1) is 24.1.